The summed E-state index contributed by atoms with van der Waals surface area (Å²) in [6.45, 7) is 4.31. The Labute approximate surface area is 114 Å². The van der Waals surface area contributed by atoms with Gasteiger partial charge < -0.3 is 4.74 Å². The molecule has 2 heteroatoms. The van der Waals surface area contributed by atoms with E-state index in [-0.39, 0.29) is 5.60 Å². The van der Waals surface area contributed by atoms with Crippen molar-refractivity contribution in [1.29, 1.82) is 0 Å². The van der Waals surface area contributed by atoms with Gasteiger partial charge in [0.2, 0.25) is 0 Å². The molecule has 0 bridgehead atoms. The first-order valence-electron chi connectivity index (χ1n) is 6.22. The van der Waals surface area contributed by atoms with Crippen molar-refractivity contribution in [3.8, 4) is 0 Å². The molecule has 1 aromatic carbocycles. The van der Waals surface area contributed by atoms with Gasteiger partial charge in [-0.3, -0.25) is 0 Å². The molecule has 0 aromatic heterocycles. The Morgan fingerprint density at radius 2 is 1.88 bits per heavy atom. The highest BCUT2D eigenvalue weighted by molar-refractivity contribution is 9.09. The number of hydrogen-bond acceptors (Lipinski definition) is 1. The quantitative estimate of drug-likeness (QED) is 0.676. The van der Waals surface area contributed by atoms with Crippen LogP contribution in [0, 0.1) is 5.92 Å². The van der Waals surface area contributed by atoms with Crippen molar-refractivity contribution in [2.75, 3.05) is 12.4 Å². The Bertz CT molecular complexity index is 308. The predicted molar refractivity (Wildman–Crippen MR) is 77.8 cm³/mol. The molecule has 0 saturated carbocycles. The molecule has 0 aliphatic heterocycles. The van der Waals surface area contributed by atoms with Crippen LogP contribution in [0.3, 0.4) is 0 Å². The number of rotatable bonds is 7. The van der Waals surface area contributed by atoms with Crippen LogP contribution in [-0.2, 0) is 11.2 Å². The smallest absolute Gasteiger partial charge is 0.0622 e. The third kappa shape index (κ3) is 5.69. The number of halogens is 1. The van der Waals surface area contributed by atoms with E-state index in [9.17, 15) is 0 Å². The van der Waals surface area contributed by atoms with E-state index in [0.717, 1.165) is 18.2 Å². The van der Waals surface area contributed by atoms with Crippen LogP contribution in [-0.4, -0.2) is 18.0 Å². The van der Waals surface area contributed by atoms with Gasteiger partial charge in [-0.15, -0.1) is 0 Å². The van der Waals surface area contributed by atoms with E-state index in [0.29, 0.717) is 5.92 Å². The fourth-order valence-corrected chi connectivity index (χ4v) is 2.39. The van der Waals surface area contributed by atoms with Crippen LogP contribution < -0.4 is 0 Å². The zero-order valence-corrected chi connectivity index (χ0v) is 12.7. The van der Waals surface area contributed by atoms with Gasteiger partial charge in [-0.05, 0) is 44.6 Å². The normalized spacial score (nSPS) is 13.6. The van der Waals surface area contributed by atoms with E-state index in [1.165, 1.54) is 12.0 Å². The number of alkyl halides is 1. The van der Waals surface area contributed by atoms with Crippen molar-refractivity contribution in [1.82, 2.24) is 0 Å². The Balaban J connectivity index is 2.44. The third-order valence-electron chi connectivity index (χ3n) is 3.29. The molecule has 1 atom stereocenters. The third-order valence-corrected chi connectivity index (χ3v) is 4.21. The second-order valence-electron chi connectivity index (χ2n) is 5.21. The molecule has 0 radical (unpaired) electrons. The fraction of sp³-hybridized carbons (Fsp3) is 0.600. The maximum Gasteiger partial charge on any atom is 0.0622 e. The summed E-state index contributed by atoms with van der Waals surface area (Å²) in [5.74, 6) is 0.687. The lowest BCUT2D eigenvalue weighted by Gasteiger charge is -2.25. The molecule has 0 aliphatic rings. The Morgan fingerprint density at radius 1 is 1.24 bits per heavy atom. The van der Waals surface area contributed by atoms with E-state index in [4.69, 9.17) is 4.74 Å². The van der Waals surface area contributed by atoms with Gasteiger partial charge in [-0.25, -0.2) is 0 Å². The maximum atomic E-state index is 5.47. The Kier molecular flexibility index (Phi) is 6.21. The van der Waals surface area contributed by atoms with Crippen LogP contribution >= 0.6 is 15.9 Å². The van der Waals surface area contributed by atoms with Crippen LogP contribution in [0.1, 0.15) is 32.3 Å². The van der Waals surface area contributed by atoms with Gasteiger partial charge >= 0.3 is 0 Å². The summed E-state index contributed by atoms with van der Waals surface area (Å²) in [6, 6.07) is 10.7. The minimum Gasteiger partial charge on any atom is -0.379 e. The van der Waals surface area contributed by atoms with Crippen molar-refractivity contribution in [2.45, 2.75) is 38.7 Å². The van der Waals surface area contributed by atoms with E-state index < -0.39 is 0 Å². The predicted octanol–water partition coefficient (Wildman–Crippen LogP) is 4.45. The van der Waals surface area contributed by atoms with Gasteiger partial charge in [-0.2, -0.15) is 0 Å². The molecular weight excluding hydrogens is 276 g/mol. The molecule has 1 rings (SSSR count). The maximum absolute atomic E-state index is 5.47. The van der Waals surface area contributed by atoms with E-state index >= 15 is 0 Å². The molecule has 0 spiro atoms. The van der Waals surface area contributed by atoms with Crippen molar-refractivity contribution < 1.29 is 4.74 Å². The SMILES string of the molecule is COC(C)(C)CCC(CBr)Cc1ccccc1. The molecule has 0 heterocycles. The van der Waals surface area contributed by atoms with E-state index in [2.05, 4.69) is 60.1 Å². The Hall–Kier alpha value is -0.340. The fourth-order valence-electron chi connectivity index (χ4n) is 1.83. The Morgan fingerprint density at radius 3 is 2.41 bits per heavy atom. The summed E-state index contributed by atoms with van der Waals surface area (Å²) in [7, 11) is 1.79. The minimum atomic E-state index is -0.00287. The zero-order chi connectivity index (χ0) is 12.7. The molecule has 0 N–H and O–H groups in total. The van der Waals surface area contributed by atoms with Crippen LogP contribution in [0.2, 0.25) is 0 Å². The lowest BCUT2D eigenvalue weighted by Crippen LogP contribution is -2.24. The van der Waals surface area contributed by atoms with Gasteiger partial charge in [0.05, 0.1) is 5.60 Å². The summed E-state index contributed by atoms with van der Waals surface area (Å²) in [5, 5.41) is 1.06. The standard InChI is InChI=1S/C15H23BrO/c1-15(2,17-3)10-9-14(12-16)11-13-7-5-4-6-8-13/h4-8,14H,9-12H2,1-3H3. The summed E-state index contributed by atoms with van der Waals surface area (Å²) < 4.78 is 5.47. The molecule has 0 saturated heterocycles. The molecule has 0 aliphatic carbocycles. The van der Waals surface area contributed by atoms with Gasteiger partial charge in [-0.1, -0.05) is 46.3 Å². The van der Waals surface area contributed by atoms with Crippen LogP contribution in [0.15, 0.2) is 30.3 Å². The lowest BCUT2D eigenvalue weighted by molar-refractivity contribution is 0.0110. The second-order valence-corrected chi connectivity index (χ2v) is 5.86. The summed E-state index contributed by atoms with van der Waals surface area (Å²) >= 11 is 3.62. The van der Waals surface area contributed by atoms with E-state index in [1.807, 2.05) is 0 Å². The van der Waals surface area contributed by atoms with Gasteiger partial charge in [0, 0.05) is 12.4 Å². The minimum absolute atomic E-state index is 0.00287. The van der Waals surface area contributed by atoms with Gasteiger partial charge in [0.15, 0.2) is 0 Å². The molecular formula is C15H23BrO. The van der Waals surface area contributed by atoms with Gasteiger partial charge in [0.25, 0.3) is 0 Å². The first kappa shape index (κ1) is 14.7. The summed E-state index contributed by atoms with van der Waals surface area (Å²) in [6.07, 6.45) is 3.44. The van der Waals surface area contributed by atoms with E-state index in [1.54, 1.807) is 7.11 Å². The highest BCUT2D eigenvalue weighted by Crippen LogP contribution is 2.23. The summed E-state index contributed by atoms with van der Waals surface area (Å²) in [5.41, 5.74) is 1.42. The molecule has 0 amide bonds. The molecule has 0 fully saturated rings. The highest BCUT2D eigenvalue weighted by Gasteiger charge is 2.19. The van der Waals surface area contributed by atoms with Crippen LogP contribution in [0.25, 0.3) is 0 Å². The highest BCUT2D eigenvalue weighted by atomic mass is 79.9. The van der Waals surface area contributed by atoms with Gasteiger partial charge in [0.1, 0.15) is 0 Å². The number of hydrogen-bond donors (Lipinski definition) is 0. The van der Waals surface area contributed by atoms with Crippen molar-refractivity contribution >= 4 is 15.9 Å². The zero-order valence-electron chi connectivity index (χ0n) is 11.1. The largest absolute Gasteiger partial charge is 0.379 e. The molecule has 1 unspecified atom stereocenters. The van der Waals surface area contributed by atoms with Crippen molar-refractivity contribution in [3.05, 3.63) is 35.9 Å². The average Bonchev–Trinajstić information content (AvgIpc) is 2.35. The second kappa shape index (κ2) is 7.17. The van der Waals surface area contributed by atoms with Crippen molar-refractivity contribution in [2.24, 2.45) is 5.92 Å². The molecule has 96 valence electrons. The molecule has 1 nitrogen and oxygen atoms in total. The molecule has 1 aromatic rings. The number of methoxy groups -OCH3 is 1. The topological polar surface area (TPSA) is 9.23 Å². The molecule has 17 heavy (non-hydrogen) atoms. The lowest BCUT2D eigenvalue weighted by atomic mass is 9.91. The first-order valence-corrected chi connectivity index (χ1v) is 7.34. The first-order chi connectivity index (χ1) is 8.07. The number of benzene rings is 1. The monoisotopic (exact) mass is 298 g/mol. The number of ether oxygens (including phenoxy) is 1. The van der Waals surface area contributed by atoms with Crippen molar-refractivity contribution in [3.63, 3.8) is 0 Å². The van der Waals surface area contributed by atoms with Crippen LogP contribution in [0.5, 0.6) is 0 Å². The summed E-state index contributed by atoms with van der Waals surface area (Å²) in [4.78, 5) is 0. The average molecular weight is 299 g/mol. The van der Waals surface area contributed by atoms with Crippen LogP contribution in [0.4, 0.5) is 0 Å².